The third-order valence-electron chi connectivity index (χ3n) is 5.18. The summed E-state index contributed by atoms with van der Waals surface area (Å²) in [6.45, 7) is 3.90. The number of nitrogens with one attached hydrogen (secondary N) is 1. The van der Waals surface area contributed by atoms with Crippen molar-refractivity contribution in [2.75, 3.05) is 25.1 Å². The molecule has 5 nitrogen and oxygen atoms in total. The van der Waals surface area contributed by atoms with Gasteiger partial charge in [0.15, 0.2) is 5.79 Å². The van der Waals surface area contributed by atoms with Crippen LogP contribution < -0.4 is 10.1 Å². The standard InChI is InChI=1S/C17H21NO4/c1-2-20-12-3-4-14-13(11-12)16(15(19)18-14)5-7-17(8-6-16)21-9-10-22-17/h3-4,11H,2,5-10H2,1H3,(H,18,19). The Kier molecular flexibility index (Phi) is 3.16. The van der Waals surface area contributed by atoms with Crippen molar-refractivity contribution in [2.45, 2.75) is 43.8 Å². The fourth-order valence-corrected chi connectivity index (χ4v) is 3.99. The quantitative estimate of drug-likeness (QED) is 0.912. The molecule has 0 aromatic heterocycles. The summed E-state index contributed by atoms with van der Waals surface area (Å²) in [5.41, 5.74) is 1.53. The second-order valence-electron chi connectivity index (χ2n) is 6.28. The summed E-state index contributed by atoms with van der Waals surface area (Å²) in [6.07, 6.45) is 3.03. The first-order valence-corrected chi connectivity index (χ1v) is 8.04. The normalized spacial score (nSPS) is 24.5. The molecule has 22 heavy (non-hydrogen) atoms. The van der Waals surface area contributed by atoms with E-state index in [1.807, 2.05) is 25.1 Å². The summed E-state index contributed by atoms with van der Waals surface area (Å²) < 4.78 is 17.2. The van der Waals surface area contributed by atoms with E-state index in [2.05, 4.69) is 5.32 Å². The Balaban J connectivity index is 1.65. The van der Waals surface area contributed by atoms with Crippen LogP contribution in [0.15, 0.2) is 18.2 Å². The van der Waals surface area contributed by atoms with Gasteiger partial charge in [-0.3, -0.25) is 4.79 Å². The van der Waals surface area contributed by atoms with Gasteiger partial charge < -0.3 is 19.5 Å². The lowest BCUT2D eigenvalue weighted by molar-refractivity contribution is -0.185. The van der Waals surface area contributed by atoms with Crippen LogP contribution in [-0.4, -0.2) is 31.5 Å². The molecule has 1 saturated carbocycles. The highest BCUT2D eigenvalue weighted by atomic mass is 16.7. The number of ether oxygens (including phenoxy) is 3. The molecular weight excluding hydrogens is 282 g/mol. The van der Waals surface area contributed by atoms with Gasteiger partial charge in [-0.05, 0) is 43.5 Å². The average Bonchev–Trinajstić information content (AvgIpc) is 3.08. The van der Waals surface area contributed by atoms with Crippen LogP contribution in [0, 0.1) is 0 Å². The van der Waals surface area contributed by atoms with Crippen molar-refractivity contribution in [1.29, 1.82) is 0 Å². The Hall–Kier alpha value is -1.59. The molecule has 2 spiro atoms. The molecule has 3 aliphatic rings. The smallest absolute Gasteiger partial charge is 0.235 e. The minimum atomic E-state index is -0.455. The van der Waals surface area contributed by atoms with Crippen molar-refractivity contribution in [3.05, 3.63) is 23.8 Å². The first-order chi connectivity index (χ1) is 10.7. The van der Waals surface area contributed by atoms with Crippen LogP contribution in [0.1, 0.15) is 38.2 Å². The van der Waals surface area contributed by atoms with E-state index in [1.165, 1.54) is 0 Å². The Labute approximate surface area is 129 Å². The van der Waals surface area contributed by atoms with Gasteiger partial charge in [0.25, 0.3) is 0 Å². The van der Waals surface area contributed by atoms with Crippen LogP contribution in [0.25, 0.3) is 0 Å². The first-order valence-electron chi connectivity index (χ1n) is 8.04. The van der Waals surface area contributed by atoms with Gasteiger partial charge in [0, 0.05) is 18.5 Å². The predicted molar refractivity (Wildman–Crippen MR) is 81.0 cm³/mol. The Bertz CT molecular complexity index is 597. The van der Waals surface area contributed by atoms with Gasteiger partial charge in [-0.25, -0.2) is 0 Å². The predicted octanol–water partition coefficient (Wildman–Crippen LogP) is 2.59. The van der Waals surface area contributed by atoms with Gasteiger partial charge >= 0.3 is 0 Å². The lowest BCUT2D eigenvalue weighted by Gasteiger charge is -2.40. The SMILES string of the molecule is CCOc1ccc2c(c1)C1(CCC3(CC1)OCCO3)C(=O)N2. The van der Waals surface area contributed by atoms with Crippen LogP contribution in [0.2, 0.25) is 0 Å². The molecule has 2 heterocycles. The molecular formula is C17H21NO4. The van der Waals surface area contributed by atoms with Gasteiger partial charge in [0.2, 0.25) is 5.91 Å². The second kappa shape index (κ2) is 4.96. The monoisotopic (exact) mass is 303 g/mol. The molecule has 1 saturated heterocycles. The molecule has 1 amide bonds. The van der Waals surface area contributed by atoms with Crippen LogP contribution in [0.3, 0.4) is 0 Å². The van der Waals surface area contributed by atoms with Gasteiger partial charge in [-0.1, -0.05) is 0 Å². The molecule has 1 N–H and O–H groups in total. The topological polar surface area (TPSA) is 56.8 Å². The minimum absolute atomic E-state index is 0.101. The summed E-state index contributed by atoms with van der Waals surface area (Å²) in [6, 6.07) is 5.88. The molecule has 0 bridgehead atoms. The zero-order chi connectivity index (χ0) is 15.2. The molecule has 4 rings (SSSR count). The molecule has 2 fully saturated rings. The van der Waals surface area contributed by atoms with E-state index in [0.29, 0.717) is 19.8 Å². The highest BCUT2D eigenvalue weighted by Gasteiger charge is 2.53. The summed E-state index contributed by atoms with van der Waals surface area (Å²) in [5, 5.41) is 3.03. The number of carbonyl (C=O) groups is 1. The molecule has 1 aromatic carbocycles. The van der Waals surface area contributed by atoms with Gasteiger partial charge in [-0.15, -0.1) is 0 Å². The fourth-order valence-electron chi connectivity index (χ4n) is 3.99. The molecule has 2 aliphatic heterocycles. The third kappa shape index (κ3) is 1.96. The highest BCUT2D eigenvalue weighted by Crippen LogP contribution is 2.52. The highest BCUT2D eigenvalue weighted by molar-refractivity contribution is 6.06. The molecule has 1 aliphatic carbocycles. The van der Waals surface area contributed by atoms with E-state index in [1.54, 1.807) is 0 Å². The lowest BCUT2D eigenvalue weighted by atomic mass is 9.68. The van der Waals surface area contributed by atoms with Crippen LogP contribution >= 0.6 is 0 Å². The zero-order valence-corrected chi connectivity index (χ0v) is 12.8. The third-order valence-corrected chi connectivity index (χ3v) is 5.18. The van der Waals surface area contributed by atoms with E-state index in [0.717, 1.165) is 42.7 Å². The lowest BCUT2D eigenvalue weighted by Crippen LogP contribution is -2.45. The maximum atomic E-state index is 12.6. The molecule has 5 heteroatoms. The summed E-state index contributed by atoms with van der Waals surface area (Å²) in [4.78, 5) is 12.6. The Morgan fingerprint density at radius 2 is 1.91 bits per heavy atom. The fraction of sp³-hybridized carbons (Fsp3) is 0.588. The van der Waals surface area contributed by atoms with Gasteiger partial charge in [-0.2, -0.15) is 0 Å². The maximum Gasteiger partial charge on any atom is 0.235 e. The Morgan fingerprint density at radius 1 is 1.18 bits per heavy atom. The second-order valence-corrected chi connectivity index (χ2v) is 6.28. The van der Waals surface area contributed by atoms with E-state index in [-0.39, 0.29) is 5.91 Å². The van der Waals surface area contributed by atoms with Crippen molar-refractivity contribution in [1.82, 2.24) is 0 Å². The van der Waals surface area contributed by atoms with Crippen molar-refractivity contribution < 1.29 is 19.0 Å². The van der Waals surface area contributed by atoms with Crippen molar-refractivity contribution in [3.8, 4) is 5.75 Å². The summed E-state index contributed by atoms with van der Waals surface area (Å²) in [5.74, 6) is 0.473. The van der Waals surface area contributed by atoms with E-state index < -0.39 is 11.2 Å². The Morgan fingerprint density at radius 3 is 2.59 bits per heavy atom. The van der Waals surface area contributed by atoms with Gasteiger partial charge in [0.1, 0.15) is 5.75 Å². The first kappa shape index (κ1) is 14.0. The number of rotatable bonds is 2. The van der Waals surface area contributed by atoms with Crippen LogP contribution in [0.5, 0.6) is 5.75 Å². The zero-order valence-electron chi connectivity index (χ0n) is 12.8. The molecule has 118 valence electrons. The number of anilines is 1. The van der Waals surface area contributed by atoms with Crippen molar-refractivity contribution in [3.63, 3.8) is 0 Å². The number of hydrogen-bond donors (Lipinski definition) is 1. The maximum absolute atomic E-state index is 12.6. The number of hydrogen-bond acceptors (Lipinski definition) is 4. The summed E-state index contributed by atoms with van der Waals surface area (Å²) in [7, 11) is 0. The van der Waals surface area contributed by atoms with Crippen LogP contribution in [0.4, 0.5) is 5.69 Å². The van der Waals surface area contributed by atoms with Crippen molar-refractivity contribution in [2.24, 2.45) is 0 Å². The minimum Gasteiger partial charge on any atom is -0.494 e. The molecule has 0 radical (unpaired) electrons. The van der Waals surface area contributed by atoms with E-state index >= 15 is 0 Å². The molecule has 0 unspecified atom stereocenters. The largest absolute Gasteiger partial charge is 0.494 e. The van der Waals surface area contributed by atoms with E-state index in [4.69, 9.17) is 14.2 Å². The number of fused-ring (bicyclic) bond motifs is 2. The molecule has 1 aromatic rings. The average molecular weight is 303 g/mol. The number of benzene rings is 1. The number of amides is 1. The van der Waals surface area contributed by atoms with E-state index in [9.17, 15) is 4.79 Å². The van der Waals surface area contributed by atoms with Crippen LogP contribution in [-0.2, 0) is 19.7 Å². The summed E-state index contributed by atoms with van der Waals surface area (Å²) >= 11 is 0. The molecule has 0 atom stereocenters. The van der Waals surface area contributed by atoms with Gasteiger partial charge in [0.05, 0.1) is 25.2 Å². The number of carbonyl (C=O) groups excluding carboxylic acids is 1. The van der Waals surface area contributed by atoms with Crippen molar-refractivity contribution >= 4 is 11.6 Å².